The number of halogens is 3. The molecule has 2 N–H and O–H groups in total. The number of fused-ring (bicyclic) bond motifs is 1. The van der Waals surface area contributed by atoms with Crippen molar-refractivity contribution in [2.75, 3.05) is 38.1 Å². The predicted molar refractivity (Wildman–Crippen MR) is 167 cm³/mol. The fourth-order valence-electron chi connectivity index (χ4n) is 5.07. The highest BCUT2D eigenvalue weighted by atomic mass is 32.2. The number of rotatable bonds is 9. The molecule has 10 nitrogen and oxygen atoms in total. The van der Waals surface area contributed by atoms with Crippen molar-refractivity contribution in [2.24, 2.45) is 5.92 Å². The fraction of sp³-hybridized carbons (Fsp3) is 0.562. The van der Waals surface area contributed by atoms with E-state index in [1.807, 2.05) is 6.92 Å². The summed E-state index contributed by atoms with van der Waals surface area (Å²) in [5, 5.41) is 10.1. The number of hydrogen-bond acceptors (Lipinski definition) is 7. The Bertz CT molecular complexity index is 1410. The maximum Gasteiger partial charge on any atom is 0.389 e. The van der Waals surface area contributed by atoms with Crippen molar-refractivity contribution in [1.82, 2.24) is 9.80 Å². The molecule has 2 aromatic rings. The Morgan fingerprint density at radius 1 is 1.15 bits per heavy atom. The molecule has 14 heteroatoms. The number of ether oxygens (including phenoxy) is 2. The van der Waals surface area contributed by atoms with E-state index in [2.05, 4.69) is 4.72 Å². The van der Waals surface area contributed by atoms with Gasteiger partial charge in [-0.15, -0.1) is 0 Å². The Labute approximate surface area is 268 Å². The van der Waals surface area contributed by atoms with Crippen molar-refractivity contribution in [1.29, 1.82) is 0 Å². The molecular formula is C32H44F3N3O7S. The van der Waals surface area contributed by atoms with Gasteiger partial charge in [0.15, 0.2) is 0 Å². The van der Waals surface area contributed by atoms with Gasteiger partial charge in [0.25, 0.3) is 15.9 Å². The zero-order valence-electron chi connectivity index (χ0n) is 26.6. The van der Waals surface area contributed by atoms with E-state index in [1.54, 1.807) is 32.0 Å². The van der Waals surface area contributed by atoms with Crippen molar-refractivity contribution in [2.45, 2.75) is 82.2 Å². The molecule has 4 atom stereocenters. The average molecular weight is 672 g/mol. The largest absolute Gasteiger partial charge is 0.490 e. The highest BCUT2D eigenvalue weighted by Crippen LogP contribution is 2.30. The Morgan fingerprint density at radius 2 is 1.85 bits per heavy atom. The Kier molecular flexibility index (Phi) is 13.3. The number of sulfonamides is 1. The Hall–Kier alpha value is -3.36. The summed E-state index contributed by atoms with van der Waals surface area (Å²) in [5.74, 6) is -1.36. The number of aliphatic hydroxyl groups excluding tert-OH is 1. The van der Waals surface area contributed by atoms with Crippen LogP contribution in [0.4, 0.5) is 18.9 Å². The molecule has 0 aliphatic carbocycles. The number of nitrogens with one attached hydrogen (secondary N) is 1. The second-order valence-electron chi connectivity index (χ2n) is 11.8. The number of hydrogen-bond donors (Lipinski definition) is 2. The smallest absolute Gasteiger partial charge is 0.389 e. The lowest BCUT2D eigenvalue weighted by Crippen LogP contribution is -2.48. The van der Waals surface area contributed by atoms with Gasteiger partial charge < -0.3 is 24.4 Å². The number of nitrogens with zero attached hydrogens (tertiary/aromatic N) is 2. The maximum atomic E-state index is 14.2. The molecular weight excluding hydrogens is 627 g/mol. The third-order valence-corrected chi connectivity index (χ3v) is 9.26. The molecule has 2 amide bonds. The first-order valence-corrected chi connectivity index (χ1v) is 16.8. The standard InChI is InChI=1S/C32H44F3N3O7S/c1-22-19-38(23(2)21-39)31(41)27-18-25(36-46(42,43)26-11-6-5-7-12-26)13-14-28(27)45-24(3)10-8-9-17-44-29(22)20-37(4)30(40)15-16-32(33,34)35/h5-7,11-14,18,22-24,29,36,39H,8-10,15-17,19-21H2,1-4H3/t22-,23+,24-,29-/m1/s1. The molecule has 1 heterocycles. The molecule has 0 fully saturated rings. The van der Waals surface area contributed by atoms with Crippen LogP contribution in [0.2, 0.25) is 0 Å². The van der Waals surface area contributed by atoms with E-state index in [9.17, 15) is 36.3 Å². The number of carbonyl (C=O) groups excluding carboxylic acids is 2. The first-order chi connectivity index (χ1) is 21.6. The summed E-state index contributed by atoms with van der Waals surface area (Å²) in [6.45, 7) is 5.33. The van der Waals surface area contributed by atoms with Gasteiger partial charge in [0, 0.05) is 44.8 Å². The third kappa shape index (κ3) is 10.9. The summed E-state index contributed by atoms with van der Waals surface area (Å²) in [5.41, 5.74) is 0.222. The van der Waals surface area contributed by atoms with Gasteiger partial charge in [-0.1, -0.05) is 25.1 Å². The number of anilines is 1. The van der Waals surface area contributed by atoms with E-state index in [1.165, 1.54) is 47.2 Å². The molecule has 0 aromatic heterocycles. The van der Waals surface area contributed by atoms with Crippen LogP contribution in [0, 0.1) is 5.92 Å². The molecule has 0 saturated carbocycles. The zero-order chi connectivity index (χ0) is 34.1. The quantitative estimate of drug-likeness (QED) is 0.381. The summed E-state index contributed by atoms with van der Waals surface area (Å²) in [7, 11) is -2.54. The summed E-state index contributed by atoms with van der Waals surface area (Å²) in [6, 6.07) is 11.6. The molecule has 256 valence electrons. The van der Waals surface area contributed by atoms with Crippen LogP contribution < -0.4 is 9.46 Å². The molecule has 0 spiro atoms. The van der Waals surface area contributed by atoms with Crippen LogP contribution >= 0.6 is 0 Å². The van der Waals surface area contributed by atoms with E-state index < -0.39 is 58.9 Å². The first kappa shape index (κ1) is 37.1. The summed E-state index contributed by atoms with van der Waals surface area (Å²) >= 11 is 0. The second kappa shape index (κ2) is 16.5. The predicted octanol–water partition coefficient (Wildman–Crippen LogP) is 5.08. The minimum absolute atomic E-state index is 0.00884. The minimum Gasteiger partial charge on any atom is -0.490 e. The maximum absolute atomic E-state index is 14.2. The van der Waals surface area contributed by atoms with Crippen molar-refractivity contribution in [3.63, 3.8) is 0 Å². The number of aliphatic hydroxyl groups is 1. The highest BCUT2D eigenvalue weighted by Gasteiger charge is 2.32. The molecule has 0 saturated heterocycles. The molecule has 2 aromatic carbocycles. The van der Waals surface area contributed by atoms with E-state index in [-0.39, 0.29) is 47.7 Å². The number of benzene rings is 2. The molecule has 1 aliphatic heterocycles. The first-order valence-electron chi connectivity index (χ1n) is 15.3. The Balaban J connectivity index is 1.95. The van der Waals surface area contributed by atoms with Gasteiger partial charge in [0.05, 0.1) is 41.7 Å². The van der Waals surface area contributed by atoms with Gasteiger partial charge in [-0.3, -0.25) is 14.3 Å². The van der Waals surface area contributed by atoms with Gasteiger partial charge in [0.1, 0.15) is 5.75 Å². The van der Waals surface area contributed by atoms with Gasteiger partial charge in [-0.25, -0.2) is 8.42 Å². The van der Waals surface area contributed by atoms with Crippen LogP contribution in [0.3, 0.4) is 0 Å². The number of alkyl halides is 3. The van der Waals surface area contributed by atoms with E-state index >= 15 is 0 Å². The molecule has 0 bridgehead atoms. The summed E-state index contributed by atoms with van der Waals surface area (Å²) < 4.78 is 79.1. The SMILES string of the molecule is C[C@@H]1CCCCO[C@H](CN(C)C(=O)CCC(F)(F)F)[C@H](C)CN([C@@H](C)CO)C(=O)c2cc(NS(=O)(=O)c3ccccc3)ccc2O1. The van der Waals surface area contributed by atoms with Crippen LogP contribution in [0.25, 0.3) is 0 Å². The third-order valence-electron chi connectivity index (χ3n) is 7.86. The van der Waals surface area contributed by atoms with Crippen molar-refractivity contribution >= 4 is 27.5 Å². The average Bonchev–Trinajstić information content (AvgIpc) is 3.01. The van der Waals surface area contributed by atoms with Crippen LogP contribution in [0.15, 0.2) is 53.4 Å². The minimum atomic E-state index is -4.45. The van der Waals surface area contributed by atoms with Crippen LogP contribution in [-0.4, -0.2) is 92.9 Å². The molecule has 3 rings (SSSR count). The van der Waals surface area contributed by atoms with Gasteiger partial charge in [0.2, 0.25) is 5.91 Å². The lowest BCUT2D eigenvalue weighted by Gasteiger charge is -2.36. The van der Waals surface area contributed by atoms with Crippen molar-refractivity contribution in [3.8, 4) is 5.75 Å². The second-order valence-corrected chi connectivity index (χ2v) is 13.5. The highest BCUT2D eigenvalue weighted by molar-refractivity contribution is 7.92. The van der Waals surface area contributed by atoms with Gasteiger partial charge in [-0.05, 0) is 63.4 Å². The molecule has 0 radical (unpaired) electrons. The number of carbonyl (C=O) groups is 2. The van der Waals surface area contributed by atoms with Crippen LogP contribution in [0.5, 0.6) is 5.75 Å². The van der Waals surface area contributed by atoms with Crippen molar-refractivity contribution < 1.29 is 45.8 Å². The van der Waals surface area contributed by atoms with Crippen molar-refractivity contribution in [3.05, 3.63) is 54.1 Å². The van der Waals surface area contributed by atoms with Crippen LogP contribution in [0.1, 0.15) is 63.2 Å². The lowest BCUT2D eigenvalue weighted by atomic mass is 10.0. The molecule has 0 unspecified atom stereocenters. The van der Waals surface area contributed by atoms with Crippen LogP contribution in [-0.2, 0) is 19.6 Å². The van der Waals surface area contributed by atoms with E-state index in [0.29, 0.717) is 25.9 Å². The number of amides is 2. The number of likely N-dealkylation sites (N-methyl/N-ethyl adjacent to an activating group) is 1. The zero-order valence-corrected chi connectivity index (χ0v) is 27.4. The lowest BCUT2D eigenvalue weighted by molar-refractivity contribution is -0.149. The summed E-state index contributed by atoms with van der Waals surface area (Å²) in [4.78, 5) is 29.4. The van der Waals surface area contributed by atoms with E-state index in [4.69, 9.17) is 9.47 Å². The fourth-order valence-corrected chi connectivity index (χ4v) is 6.14. The van der Waals surface area contributed by atoms with Gasteiger partial charge in [-0.2, -0.15) is 13.2 Å². The Morgan fingerprint density at radius 3 is 2.50 bits per heavy atom. The summed E-state index contributed by atoms with van der Waals surface area (Å²) in [6.07, 6.45) is -5.30. The van der Waals surface area contributed by atoms with E-state index in [0.717, 1.165) is 0 Å². The van der Waals surface area contributed by atoms with Gasteiger partial charge >= 0.3 is 6.18 Å². The monoisotopic (exact) mass is 671 g/mol. The molecule has 46 heavy (non-hydrogen) atoms. The normalized spacial score (nSPS) is 21.0. The molecule has 1 aliphatic rings. The topological polar surface area (TPSA) is 125 Å².